The van der Waals surface area contributed by atoms with Crippen LogP contribution in [0.5, 0.6) is 5.75 Å². The van der Waals surface area contributed by atoms with Gasteiger partial charge in [-0.1, -0.05) is 0 Å². The summed E-state index contributed by atoms with van der Waals surface area (Å²) in [5, 5.41) is 2.91. The molecule has 28 heavy (non-hydrogen) atoms. The molecule has 2 heterocycles. The highest BCUT2D eigenvalue weighted by Crippen LogP contribution is 2.18. The number of benzene rings is 1. The van der Waals surface area contributed by atoms with Crippen molar-refractivity contribution in [2.45, 2.75) is 13.5 Å². The number of aromatic amines is 1. The summed E-state index contributed by atoms with van der Waals surface area (Å²) in [6.07, 6.45) is 0. The summed E-state index contributed by atoms with van der Waals surface area (Å²) in [6, 6.07) is 8.30. The molecule has 2 aromatic heterocycles. The summed E-state index contributed by atoms with van der Waals surface area (Å²) in [6.45, 7) is 2.16. The van der Waals surface area contributed by atoms with Crippen LogP contribution in [0, 0.1) is 6.92 Å². The molecule has 0 bridgehead atoms. The summed E-state index contributed by atoms with van der Waals surface area (Å²) in [5.74, 6) is 0.258. The number of aromatic nitrogens is 3. The Labute approximate surface area is 159 Å². The van der Waals surface area contributed by atoms with Crippen LogP contribution in [0.3, 0.4) is 0 Å². The number of nitrogens with one attached hydrogen (secondary N) is 2. The van der Waals surface area contributed by atoms with Crippen molar-refractivity contribution in [2.75, 3.05) is 26.1 Å². The Kier molecular flexibility index (Phi) is 5.55. The summed E-state index contributed by atoms with van der Waals surface area (Å²) < 4.78 is 11.4. The summed E-state index contributed by atoms with van der Waals surface area (Å²) >= 11 is 0. The normalized spacial score (nSPS) is 10.8. The fraction of sp³-hybridized carbons (Fsp3) is 0.263. The van der Waals surface area contributed by atoms with Crippen molar-refractivity contribution >= 4 is 22.6 Å². The Bertz CT molecular complexity index is 1130. The number of methoxy groups -OCH3 is 2. The van der Waals surface area contributed by atoms with E-state index in [1.807, 2.05) is 0 Å². The molecule has 1 amide bonds. The number of anilines is 1. The highest BCUT2D eigenvalue weighted by atomic mass is 16.5. The van der Waals surface area contributed by atoms with Gasteiger partial charge in [0.25, 0.3) is 11.5 Å². The number of rotatable bonds is 6. The lowest BCUT2D eigenvalue weighted by Crippen LogP contribution is -2.32. The summed E-state index contributed by atoms with van der Waals surface area (Å²) in [4.78, 5) is 43.6. The van der Waals surface area contributed by atoms with Crippen molar-refractivity contribution in [2.24, 2.45) is 0 Å². The number of carbonyl (C=O) groups is 1. The molecule has 2 N–H and O–H groups in total. The molecule has 0 aliphatic rings. The first-order chi connectivity index (χ1) is 13.4. The van der Waals surface area contributed by atoms with Gasteiger partial charge in [-0.3, -0.25) is 19.1 Å². The average Bonchev–Trinajstić information content (AvgIpc) is 2.68. The fourth-order valence-corrected chi connectivity index (χ4v) is 2.79. The van der Waals surface area contributed by atoms with Gasteiger partial charge in [-0.2, -0.15) is 0 Å². The Morgan fingerprint density at radius 2 is 1.93 bits per heavy atom. The van der Waals surface area contributed by atoms with Gasteiger partial charge in [0, 0.05) is 12.8 Å². The van der Waals surface area contributed by atoms with E-state index in [1.54, 1.807) is 38.3 Å². The SMILES string of the molecule is COCCn1c(=O)[nH]c(=O)c2cc(C(=O)Nc3ccc(OC)cc3)c(C)nc21. The largest absolute Gasteiger partial charge is 0.497 e. The van der Waals surface area contributed by atoms with E-state index in [2.05, 4.69) is 15.3 Å². The first-order valence-corrected chi connectivity index (χ1v) is 8.53. The molecule has 0 fully saturated rings. The maximum absolute atomic E-state index is 12.7. The predicted molar refractivity (Wildman–Crippen MR) is 104 cm³/mol. The van der Waals surface area contributed by atoms with Crippen LogP contribution in [-0.4, -0.2) is 41.3 Å². The van der Waals surface area contributed by atoms with E-state index in [1.165, 1.54) is 17.7 Å². The Morgan fingerprint density at radius 1 is 1.21 bits per heavy atom. The number of ether oxygens (including phenoxy) is 2. The highest BCUT2D eigenvalue weighted by molar-refractivity contribution is 6.06. The van der Waals surface area contributed by atoms with E-state index in [-0.39, 0.29) is 29.7 Å². The van der Waals surface area contributed by atoms with Crippen LogP contribution < -0.4 is 21.3 Å². The summed E-state index contributed by atoms with van der Waals surface area (Å²) in [5.41, 5.74) is 0.255. The molecule has 9 nitrogen and oxygen atoms in total. The minimum Gasteiger partial charge on any atom is -0.497 e. The average molecular weight is 384 g/mol. The number of H-pyrrole nitrogens is 1. The third kappa shape index (κ3) is 3.79. The molecule has 1 aromatic carbocycles. The lowest BCUT2D eigenvalue weighted by atomic mass is 10.1. The van der Waals surface area contributed by atoms with E-state index in [0.29, 0.717) is 17.1 Å². The molecule has 0 aliphatic heterocycles. The third-order valence-electron chi connectivity index (χ3n) is 4.27. The molecule has 0 saturated carbocycles. The molecule has 0 aliphatic carbocycles. The van der Waals surface area contributed by atoms with E-state index in [9.17, 15) is 14.4 Å². The monoisotopic (exact) mass is 384 g/mol. The van der Waals surface area contributed by atoms with Gasteiger partial charge in [0.1, 0.15) is 11.4 Å². The summed E-state index contributed by atoms with van der Waals surface area (Å²) in [7, 11) is 3.07. The highest BCUT2D eigenvalue weighted by Gasteiger charge is 2.16. The van der Waals surface area contributed by atoms with Crippen LogP contribution >= 0.6 is 0 Å². The zero-order valence-electron chi connectivity index (χ0n) is 15.7. The second-order valence-electron chi connectivity index (χ2n) is 6.08. The zero-order chi connectivity index (χ0) is 20.3. The first-order valence-electron chi connectivity index (χ1n) is 8.53. The Hall–Kier alpha value is -3.46. The van der Waals surface area contributed by atoms with Gasteiger partial charge in [0.05, 0.1) is 36.9 Å². The lowest BCUT2D eigenvalue weighted by molar-refractivity contribution is 0.102. The lowest BCUT2D eigenvalue weighted by Gasteiger charge is -2.12. The molecule has 0 saturated heterocycles. The number of hydrogen-bond acceptors (Lipinski definition) is 6. The number of pyridine rings is 1. The fourth-order valence-electron chi connectivity index (χ4n) is 2.79. The molecule has 0 unspecified atom stereocenters. The van der Waals surface area contributed by atoms with E-state index < -0.39 is 17.2 Å². The molecule has 146 valence electrons. The third-order valence-corrected chi connectivity index (χ3v) is 4.27. The topological polar surface area (TPSA) is 115 Å². The number of fused-ring (bicyclic) bond motifs is 1. The number of hydrogen-bond donors (Lipinski definition) is 2. The van der Waals surface area contributed by atoms with Gasteiger partial charge in [0.15, 0.2) is 0 Å². The van der Waals surface area contributed by atoms with Gasteiger partial charge in [-0.15, -0.1) is 0 Å². The Balaban J connectivity index is 2.01. The minimum atomic E-state index is -0.598. The number of nitrogens with zero attached hydrogens (tertiary/aromatic N) is 2. The molecule has 3 aromatic rings. The number of amides is 1. The molecule has 0 spiro atoms. The van der Waals surface area contributed by atoms with Crippen molar-refractivity contribution in [3.8, 4) is 5.75 Å². The van der Waals surface area contributed by atoms with Gasteiger partial charge >= 0.3 is 5.69 Å². The van der Waals surface area contributed by atoms with E-state index in [0.717, 1.165) is 0 Å². The quantitative estimate of drug-likeness (QED) is 0.662. The maximum atomic E-state index is 12.7. The minimum absolute atomic E-state index is 0.154. The standard InChI is InChI=1S/C19H20N4O5/c1-11-14(17(24)21-12-4-6-13(28-3)7-5-12)10-15-16(20-11)23(8-9-27-2)19(26)22-18(15)25/h4-7,10H,8-9H2,1-3H3,(H,21,24)(H,22,25,26). The van der Waals surface area contributed by atoms with Crippen LogP contribution in [0.1, 0.15) is 16.1 Å². The van der Waals surface area contributed by atoms with Crippen LogP contribution in [-0.2, 0) is 11.3 Å². The first kappa shape index (κ1) is 19.3. The van der Waals surface area contributed by atoms with Crippen molar-refractivity contribution < 1.29 is 14.3 Å². The molecular formula is C19H20N4O5. The maximum Gasteiger partial charge on any atom is 0.330 e. The molecular weight excluding hydrogens is 364 g/mol. The van der Waals surface area contributed by atoms with Crippen LogP contribution in [0.25, 0.3) is 11.0 Å². The van der Waals surface area contributed by atoms with Crippen molar-refractivity contribution in [1.82, 2.24) is 14.5 Å². The van der Waals surface area contributed by atoms with Crippen molar-refractivity contribution in [3.63, 3.8) is 0 Å². The second-order valence-corrected chi connectivity index (χ2v) is 6.08. The smallest absolute Gasteiger partial charge is 0.330 e. The molecule has 9 heteroatoms. The Morgan fingerprint density at radius 3 is 2.57 bits per heavy atom. The number of aryl methyl sites for hydroxylation is 1. The second kappa shape index (κ2) is 8.05. The number of carbonyl (C=O) groups excluding carboxylic acids is 1. The van der Waals surface area contributed by atoms with Gasteiger partial charge < -0.3 is 14.8 Å². The van der Waals surface area contributed by atoms with Crippen LogP contribution in [0.4, 0.5) is 5.69 Å². The zero-order valence-corrected chi connectivity index (χ0v) is 15.7. The molecule has 3 rings (SSSR count). The van der Waals surface area contributed by atoms with Gasteiger partial charge in [-0.25, -0.2) is 9.78 Å². The van der Waals surface area contributed by atoms with E-state index in [4.69, 9.17) is 9.47 Å². The van der Waals surface area contributed by atoms with Crippen LogP contribution in [0.15, 0.2) is 39.9 Å². The van der Waals surface area contributed by atoms with Crippen molar-refractivity contribution in [1.29, 1.82) is 0 Å². The van der Waals surface area contributed by atoms with Crippen LogP contribution in [0.2, 0.25) is 0 Å². The molecule has 0 atom stereocenters. The van der Waals surface area contributed by atoms with Gasteiger partial charge in [-0.05, 0) is 37.3 Å². The van der Waals surface area contributed by atoms with Gasteiger partial charge in [0.2, 0.25) is 0 Å². The molecule has 0 radical (unpaired) electrons. The predicted octanol–water partition coefficient (Wildman–Crippen LogP) is 1.30. The van der Waals surface area contributed by atoms with E-state index >= 15 is 0 Å². The van der Waals surface area contributed by atoms with Crippen molar-refractivity contribution in [3.05, 3.63) is 62.4 Å².